The maximum Gasteiger partial charge on any atom is 0.192 e. The molecule has 0 aliphatic heterocycles. The second-order valence-electron chi connectivity index (χ2n) is 6.02. The van der Waals surface area contributed by atoms with E-state index in [-0.39, 0.29) is 24.9 Å². The molecule has 5 heteroatoms. The molecule has 0 fully saturated rings. The molecule has 3 N–H and O–H groups in total. The van der Waals surface area contributed by atoms with Crippen LogP contribution in [-0.4, -0.2) is 50.1 Å². The summed E-state index contributed by atoms with van der Waals surface area (Å²) < 4.78 is 5.83. The van der Waals surface area contributed by atoms with Crippen LogP contribution >= 0.6 is 0 Å². The maximum atomic E-state index is 8.77. The van der Waals surface area contributed by atoms with Gasteiger partial charge in [-0.25, -0.2) is 0 Å². The van der Waals surface area contributed by atoms with E-state index in [1.54, 1.807) is 0 Å². The van der Waals surface area contributed by atoms with E-state index in [9.17, 15) is 0 Å². The van der Waals surface area contributed by atoms with Crippen molar-refractivity contribution in [1.82, 2.24) is 0 Å². The fourth-order valence-electron chi connectivity index (χ4n) is 0.595. The summed E-state index contributed by atoms with van der Waals surface area (Å²) in [5, 5.41) is 25.1. The molecule has 0 aliphatic rings. The second kappa shape index (κ2) is 9.44. The van der Waals surface area contributed by atoms with Crippen LogP contribution in [0, 0.1) is 0 Å². The summed E-state index contributed by atoms with van der Waals surface area (Å²) >= 11 is 0. The smallest absolute Gasteiger partial charge is 0.192 e. The Labute approximate surface area is 118 Å². The number of rotatable bonds is 6. The van der Waals surface area contributed by atoms with Crippen molar-refractivity contribution in [3.63, 3.8) is 0 Å². The zero-order chi connectivity index (χ0) is 15.7. The topological polar surface area (TPSA) is 69.9 Å². The van der Waals surface area contributed by atoms with Gasteiger partial charge in [0.2, 0.25) is 0 Å². The molecule has 0 rings (SSSR count). The normalized spacial score (nSPS) is 11.6. The number of aliphatic hydroxyl groups excluding tert-OH is 3. The van der Waals surface area contributed by atoms with Crippen LogP contribution in [0.1, 0.15) is 20.8 Å². The fourth-order valence-corrected chi connectivity index (χ4v) is 1.59. The first-order valence-corrected chi connectivity index (χ1v) is 9.22. The van der Waals surface area contributed by atoms with Crippen molar-refractivity contribution >= 4 is 8.32 Å². The van der Waals surface area contributed by atoms with Gasteiger partial charge in [-0.1, -0.05) is 33.9 Å². The molecule has 0 unspecified atom stereocenters. The van der Waals surface area contributed by atoms with Gasteiger partial charge in [-0.15, -0.1) is 0 Å². The molecule has 0 spiro atoms. The second-order valence-corrected chi connectivity index (χ2v) is 10.8. The largest absolute Gasteiger partial charge is 0.413 e. The van der Waals surface area contributed by atoms with E-state index >= 15 is 0 Å². The van der Waals surface area contributed by atoms with Crippen LogP contribution in [0.2, 0.25) is 18.1 Å². The average Bonchev–Trinajstić information content (AvgIpc) is 2.34. The standard InChI is InChI=1S/C10H22O2Si.C4H8O2/c1-9(7-11)8-12-13(5,6)10(2,3)4;1-4(2-5)3-6/h11H,1,7-8H2,2-6H3;5-6H,1-3H2. The van der Waals surface area contributed by atoms with Crippen LogP contribution in [0.25, 0.3) is 0 Å². The van der Waals surface area contributed by atoms with Crippen molar-refractivity contribution in [1.29, 1.82) is 0 Å². The summed E-state index contributed by atoms with van der Waals surface area (Å²) in [5.41, 5.74) is 1.21. The summed E-state index contributed by atoms with van der Waals surface area (Å²) in [5.74, 6) is 0. The Morgan fingerprint density at radius 3 is 1.53 bits per heavy atom. The Balaban J connectivity index is 0. The highest BCUT2D eigenvalue weighted by atomic mass is 28.4. The third-order valence-electron chi connectivity index (χ3n) is 3.11. The molecule has 19 heavy (non-hydrogen) atoms. The molecule has 4 nitrogen and oxygen atoms in total. The van der Waals surface area contributed by atoms with Crippen molar-refractivity contribution in [3.8, 4) is 0 Å². The molecule has 0 aromatic rings. The third-order valence-corrected chi connectivity index (χ3v) is 7.59. The lowest BCUT2D eigenvalue weighted by atomic mass is 10.2. The van der Waals surface area contributed by atoms with Crippen LogP contribution in [0.5, 0.6) is 0 Å². The van der Waals surface area contributed by atoms with Gasteiger partial charge in [-0.3, -0.25) is 0 Å². The first-order chi connectivity index (χ1) is 8.51. The zero-order valence-electron chi connectivity index (χ0n) is 13.0. The van der Waals surface area contributed by atoms with Crippen molar-refractivity contribution < 1.29 is 19.7 Å². The lowest BCUT2D eigenvalue weighted by Crippen LogP contribution is -2.41. The Kier molecular flexibility index (Phi) is 10.4. The van der Waals surface area contributed by atoms with Crippen molar-refractivity contribution in [2.45, 2.75) is 38.9 Å². The van der Waals surface area contributed by atoms with Crippen molar-refractivity contribution in [2.75, 3.05) is 26.4 Å². The van der Waals surface area contributed by atoms with Gasteiger partial charge in [0, 0.05) is 0 Å². The highest BCUT2D eigenvalue weighted by molar-refractivity contribution is 6.74. The Hall–Kier alpha value is -0.463. The molecule has 0 saturated heterocycles. The number of aliphatic hydroxyl groups is 3. The van der Waals surface area contributed by atoms with Crippen molar-refractivity contribution in [2.24, 2.45) is 0 Å². The minimum atomic E-state index is -1.66. The predicted octanol–water partition coefficient (Wildman–Crippen LogP) is 2.08. The van der Waals surface area contributed by atoms with Gasteiger partial charge in [0.05, 0.1) is 26.4 Å². The van der Waals surface area contributed by atoms with Crippen LogP contribution < -0.4 is 0 Å². The van der Waals surface area contributed by atoms with E-state index in [1.165, 1.54) is 0 Å². The molecule has 114 valence electrons. The quantitative estimate of drug-likeness (QED) is 0.517. The number of hydrogen-bond acceptors (Lipinski definition) is 4. The minimum absolute atomic E-state index is 0.0224. The van der Waals surface area contributed by atoms with Gasteiger partial charge < -0.3 is 19.7 Å². The highest BCUT2D eigenvalue weighted by Crippen LogP contribution is 2.36. The molecular formula is C14H30O4Si. The van der Waals surface area contributed by atoms with Gasteiger partial charge >= 0.3 is 0 Å². The van der Waals surface area contributed by atoms with Crippen LogP contribution in [0.15, 0.2) is 24.3 Å². The lowest BCUT2D eigenvalue weighted by molar-refractivity contribution is 0.274. The van der Waals surface area contributed by atoms with Gasteiger partial charge in [-0.05, 0) is 29.3 Å². The van der Waals surface area contributed by atoms with E-state index < -0.39 is 8.32 Å². The van der Waals surface area contributed by atoms with E-state index in [0.717, 1.165) is 5.57 Å². The summed E-state index contributed by atoms with van der Waals surface area (Å²) in [7, 11) is -1.66. The van der Waals surface area contributed by atoms with Gasteiger partial charge in [0.25, 0.3) is 0 Å². The monoisotopic (exact) mass is 290 g/mol. The van der Waals surface area contributed by atoms with E-state index in [1.807, 2.05) is 0 Å². The summed E-state index contributed by atoms with van der Waals surface area (Å²) in [6.07, 6.45) is 0. The van der Waals surface area contributed by atoms with E-state index in [0.29, 0.717) is 12.2 Å². The van der Waals surface area contributed by atoms with Crippen LogP contribution in [0.3, 0.4) is 0 Å². The van der Waals surface area contributed by atoms with Crippen molar-refractivity contribution in [3.05, 3.63) is 24.3 Å². The molecule has 0 aromatic heterocycles. The lowest BCUT2D eigenvalue weighted by Gasteiger charge is -2.36. The van der Waals surface area contributed by atoms with E-state index in [2.05, 4.69) is 47.0 Å². The van der Waals surface area contributed by atoms with Gasteiger partial charge in [0.1, 0.15) is 0 Å². The summed E-state index contributed by atoms with van der Waals surface area (Å²) in [6, 6.07) is 0. The molecule has 0 bridgehead atoms. The average molecular weight is 290 g/mol. The molecule has 0 amide bonds. The highest BCUT2D eigenvalue weighted by Gasteiger charge is 2.36. The molecule has 0 radical (unpaired) electrons. The first kappa shape index (κ1) is 20.8. The molecule has 0 saturated carbocycles. The summed E-state index contributed by atoms with van der Waals surface area (Å²) in [6.45, 7) is 18.3. The molecule has 0 aromatic carbocycles. The number of hydrogen-bond donors (Lipinski definition) is 3. The van der Waals surface area contributed by atoms with E-state index in [4.69, 9.17) is 19.7 Å². The molecule has 0 heterocycles. The molecule has 0 aliphatic carbocycles. The van der Waals surface area contributed by atoms with Gasteiger partial charge in [0.15, 0.2) is 8.32 Å². The SMILES string of the molecule is C=C(CO)CO.C=C(CO)CO[Si](C)(C)C(C)(C)C. The Morgan fingerprint density at radius 2 is 1.32 bits per heavy atom. The zero-order valence-corrected chi connectivity index (χ0v) is 14.0. The minimum Gasteiger partial charge on any atom is -0.413 e. The van der Waals surface area contributed by atoms with Gasteiger partial charge in [-0.2, -0.15) is 0 Å². The Bertz CT molecular complexity index is 274. The maximum absolute atomic E-state index is 8.77. The third kappa shape index (κ3) is 10.0. The predicted molar refractivity (Wildman–Crippen MR) is 82.7 cm³/mol. The fraction of sp³-hybridized carbons (Fsp3) is 0.714. The Morgan fingerprint density at radius 1 is 0.947 bits per heavy atom. The molecule has 0 atom stereocenters. The summed E-state index contributed by atoms with van der Waals surface area (Å²) in [4.78, 5) is 0. The van der Waals surface area contributed by atoms with Crippen LogP contribution in [0.4, 0.5) is 0 Å². The van der Waals surface area contributed by atoms with Crippen LogP contribution in [-0.2, 0) is 4.43 Å². The first-order valence-electron chi connectivity index (χ1n) is 6.31. The molecular weight excluding hydrogens is 260 g/mol.